The molecule has 1 heterocycles. The van der Waals surface area contributed by atoms with Crippen LogP contribution in [0.4, 0.5) is 4.39 Å². The van der Waals surface area contributed by atoms with Crippen LogP contribution >= 0.6 is 11.6 Å². The van der Waals surface area contributed by atoms with Crippen LogP contribution in [0.25, 0.3) is 0 Å². The first kappa shape index (κ1) is 15.7. The molecule has 1 aliphatic rings. The summed E-state index contributed by atoms with van der Waals surface area (Å²) in [6, 6.07) is 5.49. The number of rotatable bonds is 7. The fourth-order valence-electron chi connectivity index (χ4n) is 2.80. The first-order valence-corrected chi connectivity index (χ1v) is 7.86. The number of benzene rings is 1. The van der Waals surface area contributed by atoms with Crippen molar-refractivity contribution in [3.63, 3.8) is 0 Å². The van der Waals surface area contributed by atoms with Crippen molar-refractivity contribution in [2.45, 2.75) is 51.2 Å². The number of ether oxygens (including phenoxy) is 1. The maximum atomic E-state index is 14.0. The highest BCUT2D eigenvalue weighted by molar-refractivity contribution is 6.30. The van der Waals surface area contributed by atoms with Gasteiger partial charge in [0.25, 0.3) is 0 Å². The van der Waals surface area contributed by atoms with Crippen molar-refractivity contribution in [3.8, 4) is 0 Å². The van der Waals surface area contributed by atoms with E-state index in [1.165, 1.54) is 6.42 Å². The zero-order chi connectivity index (χ0) is 14.4. The minimum absolute atomic E-state index is 0.205. The molecule has 0 spiro atoms. The number of likely N-dealkylation sites (N-methyl/N-ethyl adjacent to an activating group) is 1. The highest BCUT2D eigenvalue weighted by Crippen LogP contribution is 2.22. The van der Waals surface area contributed by atoms with Gasteiger partial charge >= 0.3 is 0 Å². The number of hydrogen-bond donors (Lipinski definition) is 1. The summed E-state index contributed by atoms with van der Waals surface area (Å²) in [5.74, 6) is -0.283. The van der Waals surface area contributed by atoms with Crippen LogP contribution in [0.5, 0.6) is 0 Å². The molecule has 1 saturated heterocycles. The van der Waals surface area contributed by atoms with Gasteiger partial charge < -0.3 is 10.1 Å². The molecule has 20 heavy (non-hydrogen) atoms. The maximum absolute atomic E-state index is 14.0. The summed E-state index contributed by atoms with van der Waals surface area (Å²) < 4.78 is 19.6. The smallest absolute Gasteiger partial charge is 0.145 e. The van der Waals surface area contributed by atoms with E-state index in [-0.39, 0.29) is 16.9 Å². The molecule has 0 aliphatic carbocycles. The van der Waals surface area contributed by atoms with E-state index in [1.54, 1.807) is 6.07 Å². The van der Waals surface area contributed by atoms with Gasteiger partial charge in [-0.05, 0) is 50.3 Å². The first-order chi connectivity index (χ1) is 9.70. The van der Waals surface area contributed by atoms with E-state index in [9.17, 15) is 4.39 Å². The Morgan fingerprint density at radius 2 is 2.35 bits per heavy atom. The number of nitrogens with one attached hydrogen (secondary N) is 1. The van der Waals surface area contributed by atoms with Gasteiger partial charge in [0.05, 0.1) is 11.1 Å². The zero-order valence-corrected chi connectivity index (χ0v) is 12.8. The summed E-state index contributed by atoms with van der Waals surface area (Å²) in [6.07, 6.45) is 5.43. The predicted octanol–water partition coefficient (Wildman–Crippen LogP) is 3.96. The van der Waals surface area contributed by atoms with Crippen LogP contribution in [0, 0.1) is 5.82 Å². The van der Waals surface area contributed by atoms with E-state index in [4.69, 9.17) is 16.3 Å². The Bertz CT molecular complexity index is 421. The maximum Gasteiger partial charge on any atom is 0.145 e. The third kappa shape index (κ3) is 4.44. The lowest BCUT2D eigenvalue weighted by molar-refractivity contribution is 0.0996. The van der Waals surface area contributed by atoms with Crippen molar-refractivity contribution in [2.24, 2.45) is 0 Å². The van der Waals surface area contributed by atoms with E-state index < -0.39 is 0 Å². The lowest BCUT2D eigenvalue weighted by atomic mass is 9.99. The Kier molecular flexibility index (Phi) is 6.27. The molecular formula is C16H23ClFNO. The molecule has 0 aromatic heterocycles. The van der Waals surface area contributed by atoms with Gasteiger partial charge in [-0.25, -0.2) is 4.39 Å². The topological polar surface area (TPSA) is 21.3 Å². The molecule has 1 N–H and O–H groups in total. The number of hydrogen-bond acceptors (Lipinski definition) is 2. The molecule has 0 bridgehead atoms. The van der Waals surface area contributed by atoms with Crippen molar-refractivity contribution >= 4 is 11.6 Å². The molecule has 1 aliphatic heterocycles. The summed E-state index contributed by atoms with van der Waals surface area (Å²) >= 11 is 5.84. The third-order valence-corrected chi connectivity index (χ3v) is 4.14. The highest BCUT2D eigenvalue weighted by atomic mass is 35.5. The van der Waals surface area contributed by atoms with Crippen molar-refractivity contribution in [3.05, 3.63) is 34.6 Å². The Balaban J connectivity index is 1.92. The molecule has 112 valence electrons. The summed E-state index contributed by atoms with van der Waals surface area (Å²) in [5.41, 5.74) is 0.691. The largest absolute Gasteiger partial charge is 0.378 e. The van der Waals surface area contributed by atoms with Gasteiger partial charge in [0.15, 0.2) is 0 Å². The number of halogens is 2. The van der Waals surface area contributed by atoms with Crippen LogP contribution in [0.15, 0.2) is 18.2 Å². The molecule has 2 unspecified atom stereocenters. The van der Waals surface area contributed by atoms with Crippen LogP contribution in [0.3, 0.4) is 0 Å². The lowest BCUT2D eigenvalue weighted by Crippen LogP contribution is -2.32. The van der Waals surface area contributed by atoms with E-state index in [0.29, 0.717) is 18.1 Å². The Morgan fingerprint density at radius 3 is 3.05 bits per heavy atom. The van der Waals surface area contributed by atoms with Gasteiger partial charge in [0.1, 0.15) is 5.82 Å². The Hall–Kier alpha value is -0.640. The average molecular weight is 300 g/mol. The minimum atomic E-state index is -0.283. The summed E-state index contributed by atoms with van der Waals surface area (Å²) in [5, 5.41) is 3.64. The summed E-state index contributed by atoms with van der Waals surface area (Å²) in [7, 11) is 0. The van der Waals surface area contributed by atoms with E-state index in [0.717, 1.165) is 32.4 Å². The molecule has 0 amide bonds. The molecule has 1 fully saturated rings. The van der Waals surface area contributed by atoms with E-state index in [2.05, 4.69) is 12.2 Å². The van der Waals surface area contributed by atoms with E-state index >= 15 is 0 Å². The first-order valence-electron chi connectivity index (χ1n) is 7.48. The molecule has 2 rings (SSSR count). The average Bonchev–Trinajstić information content (AvgIpc) is 2.94. The lowest BCUT2D eigenvalue weighted by Gasteiger charge is -2.20. The molecule has 4 heteroatoms. The molecule has 2 atom stereocenters. The van der Waals surface area contributed by atoms with Gasteiger partial charge in [-0.1, -0.05) is 30.7 Å². The quantitative estimate of drug-likeness (QED) is 0.823. The van der Waals surface area contributed by atoms with Crippen molar-refractivity contribution in [1.29, 1.82) is 0 Å². The fourth-order valence-corrected chi connectivity index (χ4v) is 2.99. The second kappa shape index (κ2) is 7.96. The molecule has 1 aromatic rings. The van der Waals surface area contributed by atoms with Gasteiger partial charge in [-0.3, -0.25) is 0 Å². The zero-order valence-electron chi connectivity index (χ0n) is 12.0. The predicted molar refractivity (Wildman–Crippen MR) is 80.8 cm³/mol. The molecule has 2 nitrogen and oxygen atoms in total. The standard InChI is InChI=1S/C16H23ClFNO/c1-2-19-13(8-9-14-6-4-10-20-14)11-12-5-3-7-15(17)16(12)18/h3,5,7,13-14,19H,2,4,6,8-11H2,1H3. The summed E-state index contributed by atoms with van der Waals surface area (Å²) in [4.78, 5) is 0. The van der Waals surface area contributed by atoms with Crippen molar-refractivity contribution in [1.82, 2.24) is 5.32 Å². The molecule has 1 aromatic carbocycles. The van der Waals surface area contributed by atoms with Crippen LogP contribution in [0.1, 0.15) is 38.2 Å². The highest BCUT2D eigenvalue weighted by Gasteiger charge is 2.19. The van der Waals surface area contributed by atoms with Crippen LogP contribution in [0.2, 0.25) is 5.02 Å². The summed E-state index contributed by atoms with van der Waals surface area (Å²) in [6.45, 7) is 3.85. The monoisotopic (exact) mass is 299 g/mol. The van der Waals surface area contributed by atoms with E-state index in [1.807, 2.05) is 12.1 Å². The molecule has 0 radical (unpaired) electrons. The van der Waals surface area contributed by atoms with Crippen LogP contribution in [-0.4, -0.2) is 25.3 Å². The minimum Gasteiger partial charge on any atom is -0.378 e. The second-order valence-electron chi connectivity index (χ2n) is 5.38. The molecule has 0 saturated carbocycles. The fraction of sp³-hybridized carbons (Fsp3) is 0.625. The van der Waals surface area contributed by atoms with Gasteiger partial charge in [-0.15, -0.1) is 0 Å². The second-order valence-corrected chi connectivity index (χ2v) is 5.79. The SMILES string of the molecule is CCNC(CCC1CCCO1)Cc1cccc(Cl)c1F. The van der Waals surface area contributed by atoms with Crippen LogP contribution in [-0.2, 0) is 11.2 Å². The van der Waals surface area contributed by atoms with Gasteiger partial charge in [0, 0.05) is 12.6 Å². The van der Waals surface area contributed by atoms with Crippen molar-refractivity contribution < 1.29 is 9.13 Å². The Morgan fingerprint density at radius 1 is 1.50 bits per heavy atom. The van der Waals surface area contributed by atoms with Gasteiger partial charge in [0.2, 0.25) is 0 Å². The Labute approximate surface area is 125 Å². The van der Waals surface area contributed by atoms with Crippen molar-refractivity contribution in [2.75, 3.05) is 13.2 Å². The third-order valence-electron chi connectivity index (χ3n) is 3.85. The molecular weight excluding hydrogens is 277 g/mol. The normalized spacial score (nSPS) is 20.2. The van der Waals surface area contributed by atoms with Gasteiger partial charge in [-0.2, -0.15) is 0 Å². The van der Waals surface area contributed by atoms with Crippen LogP contribution < -0.4 is 5.32 Å².